The third kappa shape index (κ3) is 2.30. The first-order valence-electron chi connectivity index (χ1n) is 4.98. The standard InChI is InChI=1S/C10H17NO3/c1-10(2,3)7-4-5-9(12)8(6-7)11(13)14/h7-8H,4-6H2,1-3H3/t7-,8+/m1/s1. The molecule has 0 radical (unpaired) electrons. The maximum atomic E-state index is 11.3. The topological polar surface area (TPSA) is 60.2 Å². The van der Waals surface area contributed by atoms with E-state index in [4.69, 9.17) is 0 Å². The third-order valence-corrected chi connectivity index (χ3v) is 3.10. The highest BCUT2D eigenvalue weighted by atomic mass is 16.6. The van der Waals surface area contributed by atoms with Crippen LogP contribution in [0.4, 0.5) is 0 Å². The Morgan fingerprint density at radius 1 is 1.43 bits per heavy atom. The summed E-state index contributed by atoms with van der Waals surface area (Å²) in [5.41, 5.74) is 0.0644. The summed E-state index contributed by atoms with van der Waals surface area (Å²) in [5.74, 6) is 0.0890. The molecule has 0 amide bonds. The molecule has 80 valence electrons. The number of ketones is 1. The monoisotopic (exact) mass is 199 g/mol. The molecule has 1 aliphatic rings. The van der Waals surface area contributed by atoms with Crippen molar-refractivity contribution in [3.63, 3.8) is 0 Å². The van der Waals surface area contributed by atoms with E-state index in [2.05, 4.69) is 20.8 Å². The van der Waals surface area contributed by atoms with Gasteiger partial charge in [0, 0.05) is 17.8 Å². The molecule has 1 fully saturated rings. The fraction of sp³-hybridized carbons (Fsp3) is 0.900. The van der Waals surface area contributed by atoms with Crippen LogP contribution in [0.25, 0.3) is 0 Å². The summed E-state index contributed by atoms with van der Waals surface area (Å²) in [7, 11) is 0. The zero-order valence-electron chi connectivity index (χ0n) is 8.95. The molecular formula is C10H17NO3. The van der Waals surface area contributed by atoms with Crippen molar-refractivity contribution in [1.82, 2.24) is 0 Å². The first-order chi connectivity index (χ1) is 6.32. The molecule has 0 aromatic carbocycles. The lowest BCUT2D eigenvalue weighted by atomic mass is 9.71. The number of nitrogens with zero attached hydrogens (tertiary/aromatic N) is 1. The van der Waals surface area contributed by atoms with Gasteiger partial charge in [-0.05, 0) is 17.8 Å². The van der Waals surface area contributed by atoms with Gasteiger partial charge in [-0.15, -0.1) is 0 Å². The van der Waals surface area contributed by atoms with Crippen LogP contribution in [0.1, 0.15) is 40.0 Å². The summed E-state index contributed by atoms with van der Waals surface area (Å²) in [6.07, 6.45) is 1.58. The van der Waals surface area contributed by atoms with Gasteiger partial charge in [0.15, 0.2) is 0 Å². The Labute approximate surface area is 83.8 Å². The molecule has 0 aromatic rings. The Kier molecular flexibility index (Phi) is 2.92. The van der Waals surface area contributed by atoms with Crippen molar-refractivity contribution in [2.45, 2.75) is 46.1 Å². The summed E-state index contributed by atoms with van der Waals surface area (Å²) >= 11 is 0. The lowest BCUT2D eigenvalue weighted by Crippen LogP contribution is -2.39. The molecule has 0 spiro atoms. The van der Waals surface area contributed by atoms with E-state index >= 15 is 0 Å². The van der Waals surface area contributed by atoms with E-state index in [1.165, 1.54) is 0 Å². The van der Waals surface area contributed by atoms with Gasteiger partial charge in [0.05, 0.1) is 0 Å². The Hall–Kier alpha value is -0.930. The molecule has 4 nitrogen and oxygen atoms in total. The molecule has 2 atom stereocenters. The molecule has 0 unspecified atom stereocenters. The van der Waals surface area contributed by atoms with Crippen molar-refractivity contribution < 1.29 is 9.72 Å². The second-order valence-electron chi connectivity index (χ2n) is 5.10. The molecular weight excluding hydrogens is 182 g/mol. The highest BCUT2D eigenvalue weighted by Crippen LogP contribution is 2.37. The van der Waals surface area contributed by atoms with Gasteiger partial charge in [0.2, 0.25) is 5.78 Å². The van der Waals surface area contributed by atoms with Gasteiger partial charge in [0.25, 0.3) is 6.04 Å². The number of carbonyl (C=O) groups excluding carboxylic acids is 1. The molecule has 1 aliphatic carbocycles. The van der Waals surface area contributed by atoms with Gasteiger partial charge in [-0.3, -0.25) is 14.9 Å². The minimum Gasteiger partial charge on any atom is -0.292 e. The van der Waals surface area contributed by atoms with Gasteiger partial charge >= 0.3 is 0 Å². The highest BCUT2D eigenvalue weighted by molar-refractivity contribution is 5.83. The van der Waals surface area contributed by atoms with Gasteiger partial charge in [-0.1, -0.05) is 20.8 Å². The van der Waals surface area contributed by atoms with Gasteiger partial charge in [-0.2, -0.15) is 0 Å². The van der Waals surface area contributed by atoms with Crippen LogP contribution < -0.4 is 0 Å². The number of nitro groups is 1. The van der Waals surface area contributed by atoms with Crippen molar-refractivity contribution in [3.8, 4) is 0 Å². The highest BCUT2D eigenvalue weighted by Gasteiger charge is 2.40. The van der Waals surface area contributed by atoms with E-state index in [0.717, 1.165) is 6.42 Å². The van der Waals surface area contributed by atoms with Crippen LogP contribution >= 0.6 is 0 Å². The third-order valence-electron chi connectivity index (χ3n) is 3.10. The minimum atomic E-state index is -0.951. The van der Waals surface area contributed by atoms with Crippen LogP contribution in [0.15, 0.2) is 0 Å². The van der Waals surface area contributed by atoms with Crippen molar-refractivity contribution in [2.24, 2.45) is 11.3 Å². The van der Waals surface area contributed by atoms with Crippen molar-refractivity contribution >= 4 is 5.78 Å². The molecule has 4 heteroatoms. The predicted molar refractivity (Wildman–Crippen MR) is 52.6 cm³/mol. The molecule has 0 heterocycles. The van der Waals surface area contributed by atoms with Gasteiger partial charge in [0.1, 0.15) is 0 Å². The number of hydrogen-bond donors (Lipinski definition) is 0. The van der Waals surface area contributed by atoms with E-state index in [9.17, 15) is 14.9 Å². The first kappa shape index (κ1) is 11.1. The van der Waals surface area contributed by atoms with Crippen molar-refractivity contribution in [1.29, 1.82) is 0 Å². The Balaban J connectivity index is 2.72. The average Bonchev–Trinajstić information content (AvgIpc) is 2.02. The number of hydrogen-bond acceptors (Lipinski definition) is 3. The van der Waals surface area contributed by atoms with E-state index in [-0.39, 0.29) is 17.1 Å². The molecule has 0 bridgehead atoms. The maximum absolute atomic E-state index is 11.3. The van der Waals surface area contributed by atoms with E-state index < -0.39 is 11.0 Å². The van der Waals surface area contributed by atoms with Crippen LogP contribution in [0.3, 0.4) is 0 Å². The fourth-order valence-corrected chi connectivity index (χ4v) is 1.99. The zero-order valence-corrected chi connectivity index (χ0v) is 8.95. The SMILES string of the molecule is CC(C)(C)[C@@H]1CCC(=O)[C@@H]([N+](=O)[O-])C1. The Morgan fingerprint density at radius 2 is 2.00 bits per heavy atom. The van der Waals surface area contributed by atoms with Crippen LogP contribution in [-0.4, -0.2) is 16.7 Å². The van der Waals surface area contributed by atoms with Crippen LogP contribution in [0.2, 0.25) is 0 Å². The lowest BCUT2D eigenvalue weighted by molar-refractivity contribution is -0.511. The summed E-state index contributed by atoms with van der Waals surface area (Å²) in [6, 6.07) is -0.951. The largest absolute Gasteiger partial charge is 0.292 e. The summed E-state index contributed by atoms with van der Waals surface area (Å²) in [5, 5.41) is 10.6. The molecule has 14 heavy (non-hydrogen) atoms. The van der Waals surface area contributed by atoms with E-state index in [1.807, 2.05) is 0 Å². The van der Waals surface area contributed by atoms with E-state index in [0.29, 0.717) is 12.8 Å². The Morgan fingerprint density at radius 3 is 2.43 bits per heavy atom. The summed E-state index contributed by atoms with van der Waals surface area (Å²) in [4.78, 5) is 21.5. The molecule has 0 aliphatic heterocycles. The van der Waals surface area contributed by atoms with Crippen LogP contribution in [-0.2, 0) is 4.79 Å². The second-order valence-corrected chi connectivity index (χ2v) is 5.10. The van der Waals surface area contributed by atoms with Gasteiger partial charge in [-0.25, -0.2) is 0 Å². The number of rotatable bonds is 1. The second kappa shape index (κ2) is 3.67. The van der Waals surface area contributed by atoms with E-state index in [1.54, 1.807) is 0 Å². The molecule has 1 rings (SSSR count). The first-order valence-corrected chi connectivity index (χ1v) is 4.98. The molecule has 1 saturated carbocycles. The molecule has 0 saturated heterocycles. The summed E-state index contributed by atoms with van der Waals surface area (Å²) < 4.78 is 0. The van der Waals surface area contributed by atoms with Crippen LogP contribution in [0.5, 0.6) is 0 Å². The average molecular weight is 199 g/mol. The fourth-order valence-electron chi connectivity index (χ4n) is 1.99. The van der Waals surface area contributed by atoms with Crippen molar-refractivity contribution in [2.75, 3.05) is 0 Å². The zero-order chi connectivity index (χ0) is 10.9. The molecule has 0 aromatic heterocycles. The number of carbonyl (C=O) groups is 1. The van der Waals surface area contributed by atoms with Crippen LogP contribution in [0, 0.1) is 21.4 Å². The quantitative estimate of drug-likeness (QED) is 0.479. The Bertz CT molecular complexity index is 255. The lowest BCUT2D eigenvalue weighted by Gasteiger charge is -2.33. The maximum Gasteiger partial charge on any atom is 0.270 e. The normalized spacial score (nSPS) is 28.9. The molecule has 0 N–H and O–H groups in total. The predicted octanol–water partition coefficient (Wildman–Crippen LogP) is 2.05. The minimum absolute atomic E-state index is 0.0644. The van der Waals surface area contributed by atoms with Crippen molar-refractivity contribution in [3.05, 3.63) is 10.1 Å². The van der Waals surface area contributed by atoms with Gasteiger partial charge < -0.3 is 0 Å². The smallest absolute Gasteiger partial charge is 0.270 e. The summed E-state index contributed by atoms with van der Waals surface area (Å²) in [6.45, 7) is 6.22. The number of Topliss-reactive ketones (excluding diaryl/α,β-unsaturated/α-hetero) is 1.